The second kappa shape index (κ2) is 15.1. The third kappa shape index (κ3) is 9.96. The lowest BCUT2D eigenvalue weighted by Crippen LogP contribution is -2.35. The summed E-state index contributed by atoms with van der Waals surface area (Å²) in [6, 6.07) is 8.78. The molecule has 0 fully saturated rings. The van der Waals surface area contributed by atoms with E-state index in [-0.39, 0.29) is 41.5 Å². The van der Waals surface area contributed by atoms with Crippen LogP contribution in [0.15, 0.2) is 65.4 Å². The smallest absolute Gasteiger partial charge is 0.497 e. The average molecular weight is 624 g/mol. The molecule has 0 radical (unpaired) electrons. The summed E-state index contributed by atoms with van der Waals surface area (Å²) < 4.78 is 48.6. The number of aromatic nitrogens is 1. The van der Waals surface area contributed by atoms with Crippen molar-refractivity contribution in [2.75, 3.05) is 20.3 Å². The fourth-order valence-electron chi connectivity index (χ4n) is 3.92. The standard InChI is InChI=1S/C32H35F2N5O6/c1-20(45-30(41)44-19-31(2,3)29(40)43-18-21-9-7-6-8-10-21)38-39-27(17-35)28(36)23-13-22(14-25(15-23)42-5)26-16-24(11-12-37-26)32(4,33)34/h7,9-16,20,36,38H,6,8,18-19H2,1-5H3/b36-28?,39-27-. The highest BCUT2D eigenvalue weighted by Gasteiger charge is 2.32. The number of carbonyl (C=O) groups excluding carboxylic acids is 2. The number of nitriles is 1. The van der Waals surface area contributed by atoms with E-state index in [2.05, 4.69) is 15.5 Å². The minimum absolute atomic E-state index is 0.122. The van der Waals surface area contributed by atoms with Crippen molar-refractivity contribution >= 4 is 23.5 Å². The van der Waals surface area contributed by atoms with Crippen LogP contribution in [0.4, 0.5) is 13.6 Å². The summed E-state index contributed by atoms with van der Waals surface area (Å²) in [5, 5.41) is 22.1. The SMILES string of the molecule is COc1cc(C(=N)/C(C#N)=N\NC(C)OC(=O)OCC(C)(C)C(=O)OCC2=CCCC=C2)cc(-c2cc(C(C)(F)F)ccn2)c1. The molecule has 11 nitrogen and oxygen atoms in total. The number of hydrogen-bond donors (Lipinski definition) is 2. The number of pyridine rings is 1. The molecule has 1 unspecified atom stereocenters. The molecular weight excluding hydrogens is 588 g/mol. The van der Waals surface area contributed by atoms with Gasteiger partial charge in [-0.1, -0.05) is 18.2 Å². The predicted molar refractivity (Wildman–Crippen MR) is 162 cm³/mol. The van der Waals surface area contributed by atoms with E-state index in [1.807, 2.05) is 18.2 Å². The largest absolute Gasteiger partial charge is 0.510 e. The van der Waals surface area contributed by atoms with Crippen LogP contribution in [-0.2, 0) is 24.9 Å². The Kier molecular flexibility index (Phi) is 11.5. The monoisotopic (exact) mass is 623 g/mol. The number of rotatable bonds is 13. The second-order valence-electron chi connectivity index (χ2n) is 10.9. The highest BCUT2D eigenvalue weighted by atomic mass is 19.3. The van der Waals surface area contributed by atoms with Crippen molar-refractivity contribution in [3.05, 3.63) is 71.5 Å². The number of allylic oxidation sites excluding steroid dienone is 2. The molecule has 3 rings (SSSR count). The Bertz CT molecular complexity index is 1560. The number of hydrogen-bond acceptors (Lipinski definition) is 11. The van der Waals surface area contributed by atoms with E-state index in [9.17, 15) is 23.6 Å². The maximum Gasteiger partial charge on any atom is 0.510 e. The number of nitrogens with one attached hydrogen (secondary N) is 2. The summed E-state index contributed by atoms with van der Waals surface area (Å²) in [6.45, 7) is 5.14. The molecule has 1 atom stereocenters. The fourth-order valence-corrected chi connectivity index (χ4v) is 3.92. The lowest BCUT2D eigenvalue weighted by molar-refractivity contribution is -0.155. The van der Waals surface area contributed by atoms with Crippen LogP contribution in [0.2, 0.25) is 0 Å². The zero-order chi connectivity index (χ0) is 33.2. The number of esters is 1. The Balaban J connectivity index is 1.61. The number of nitrogens with zero attached hydrogens (tertiary/aromatic N) is 3. The summed E-state index contributed by atoms with van der Waals surface area (Å²) in [5.74, 6) is -3.34. The molecule has 1 heterocycles. The van der Waals surface area contributed by atoms with E-state index < -0.39 is 29.7 Å². The number of ether oxygens (including phenoxy) is 4. The Hall–Kier alpha value is -5.12. The molecule has 45 heavy (non-hydrogen) atoms. The van der Waals surface area contributed by atoms with E-state index >= 15 is 0 Å². The number of hydrazone groups is 1. The van der Waals surface area contributed by atoms with Crippen molar-refractivity contribution in [2.24, 2.45) is 10.5 Å². The van der Waals surface area contributed by atoms with Crippen LogP contribution in [0.5, 0.6) is 5.75 Å². The molecule has 0 aliphatic heterocycles. The van der Waals surface area contributed by atoms with E-state index in [4.69, 9.17) is 24.4 Å². The molecule has 1 aliphatic carbocycles. The van der Waals surface area contributed by atoms with Crippen LogP contribution >= 0.6 is 0 Å². The van der Waals surface area contributed by atoms with Gasteiger partial charge >= 0.3 is 12.1 Å². The number of halogens is 2. The van der Waals surface area contributed by atoms with Gasteiger partial charge in [-0.15, -0.1) is 0 Å². The first kappa shape index (κ1) is 34.4. The van der Waals surface area contributed by atoms with Crippen LogP contribution in [0.3, 0.4) is 0 Å². The number of benzene rings is 1. The Morgan fingerprint density at radius 1 is 1.18 bits per heavy atom. The first-order valence-corrected chi connectivity index (χ1v) is 14.0. The molecule has 238 valence electrons. The van der Waals surface area contributed by atoms with E-state index in [1.54, 1.807) is 26.0 Å². The van der Waals surface area contributed by atoms with Gasteiger partial charge in [-0.2, -0.15) is 10.4 Å². The topological polar surface area (TPSA) is 156 Å². The summed E-state index contributed by atoms with van der Waals surface area (Å²) in [4.78, 5) is 28.9. The maximum atomic E-state index is 13.9. The van der Waals surface area contributed by atoms with Gasteiger partial charge in [-0.3, -0.25) is 20.6 Å². The van der Waals surface area contributed by atoms with Gasteiger partial charge in [0.1, 0.15) is 25.0 Å². The normalized spacial score (nSPS) is 14.0. The van der Waals surface area contributed by atoms with Crippen LogP contribution in [0, 0.1) is 22.2 Å². The summed E-state index contributed by atoms with van der Waals surface area (Å²) in [7, 11) is 1.40. The average Bonchev–Trinajstić information content (AvgIpc) is 3.02. The zero-order valence-electron chi connectivity index (χ0n) is 25.6. The number of alkyl halides is 2. The highest BCUT2D eigenvalue weighted by molar-refractivity contribution is 6.52. The zero-order valence-corrected chi connectivity index (χ0v) is 25.6. The summed E-state index contributed by atoms with van der Waals surface area (Å²) >= 11 is 0. The minimum atomic E-state index is -3.09. The number of methoxy groups -OCH3 is 1. The van der Waals surface area contributed by atoms with Gasteiger partial charge in [-0.25, -0.2) is 13.6 Å². The van der Waals surface area contributed by atoms with Crippen molar-refractivity contribution < 1.29 is 37.3 Å². The molecule has 2 N–H and O–H groups in total. The Morgan fingerprint density at radius 3 is 2.58 bits per heavy atom. The van der Waals surface area contributed by atoms with Gasteiger partial charge in [0.25, 0.3) is 5.92 Å². The van der Waals surface area contributed by atoms with Gasteiger partial charge < -0.3 is 18.9 Å². The summed E-state index contributed by atoms with van der Waals surface area (Å²) in [5.41, 5.74) is 2.07. The van der Waals surface area contributed by atoms with Crippen molar-refractivity contribution in [3.63, 3.8) is 0 Å². The highest BCUT2D eigenvalue weighted by Crippen LogP contribution is 2.31. The van der Waals surface area contributed by atoms with Crippen LogP contribution in [0.1, 0.15) is 51.7 Å². The third-order valence-electron chi connectivity index (χ3n) is 6.51. The second-order valence-corrected chi connectivity index (χ2v) is 10.9. The minimum Gasteiger partial charge on any atom is -0.497 e. The molecule has 0 spiro atoms. The first-order valence-electron chi connectivity index (χ1n) is 14.0. The number of carbonyl (C=O) groups is 2. The molecule has 1 aromatic carbocycles. The van der Waals surface area contributed by atoms with Gasteiger partial charge in [0.05, 0.1) is 23.9 Å². The van der Waals surface area contributed by atoms with Gasteiger partial charge in [0.15, 0.2) is 11.9 Å². The molecule has 2 aromatic rings. The van der Waals surface area contributed by atoms with E-state index in [0.717, 1.165) is 25.3 Å². The summed E-state index contributed by atoms with van der Waals surface area (Å²) in [6.07, 6.45) is 6.80. The van der Waals surface area contributed by atoms with Gasteiger partial charge in [0, 0.05) is 29.8 Å². The lowest BCUT2D eigenvalue weighted by Gasteiger charge is -2.23. The third-order valence-corrected chi connectivity index (χ3v) is 6.51. The molecule has 0 bridgehead atoms. The van der Waals surface area contributed by atoms with E-state index in [0.29, 0.717) is 11.3 Å². The predicted octanol–water partition coefficient (Wildman–Crippen LogP) is 6.05. The fraction of sp³-hybridized carbons (Fsp3) is 0.375. The molecule has 13 heteroatoms. The van der Waals surface area contributed by atoms with Crippen molar-refractivity contribution in [3.8, 4) is 23.1 Å². The van der Waals surface area contributed by atoms with Crippen molar-refractivity contribution in [1.82, 2.24) is 10.4 Å². The molecular formula is C32H35F2N5O6. The molecule has 0 saturated heterocycles. The molecule has 1 aromatic heterocycles. The molecule has 1 aliphatic rings. The molecule has 0 amide bonds. The Morgan fingerprint density at radius 2 is 1.93 bits per heavy atom. The van der Waals surface area contributed by atoms with Gasteiger partial charge in [-0.05, 0) is 69.5 Å². The first-order chi connectivity index (χ1) is 21.2. The van der Waals surface area contributed by atoms with Crippen LogP contribution in [0.25, 0.3) is 11.3 Å². The van der Waals surface area contributed by atoms with Crippen LogP contribution in [-0.4, -0.2) is 55.1 Å². The molecule has 0 saturated carbocycles. The quantitative estimate of drug-likeness (QED) is 0.117. The van der Waals surface area contributed by atoms with Crippen molar-refractivity contribution in [1.29, 1.82) is 10.7 Å². The van der Waals surface area contributed by atoms with E-state index in [1.165, 1.54) is 44.5 Å². The van der Waals surface area contributed by atoms with Crippen molar-refractivity contribution in [2.45, 2.75) is 52.7 Å². The van der Waals surface area contributed by atoms with Gasteiger partial charge in [0.2, 0.25) is 0 Å². The maximum absolute atomic E-state index is 13.9. The lowest BCUT2D eigenvalue weighted by atomic mass is 9.95. The Labute approximate surface area is 260 Å². The van der Waals surface area contributed by atoms with Crippen LogP contribution < -0.4 is 10.2 Å².